The molecule has 2 fully saturated rings. The van der Waals surface area contributed by atoms with Crippen LogP contribution in [0.2, 0.25) is 0 Å². The average molecular weight is 425 g/mol. The van der Waals surface area contributed by atoms with Crippen LogP contribution in [0.4, 0.5) is 0 Å². The number of nitrogens with zero attached hydrogens (tertiary/aromatic N) is 1. The van der Waals surface area contributed by atoms with E-state index in [4.69, 9.17) is 9.47 Å². The fraction of sp³-hybridized carbons (Fsp3) is 0.667. The molecular weight excluding hydrogens is 392 g/mol. The Labute approximate surface area is 173 Å². The fourth-order valence-corrected chi connectivity index (χ4v) is 5.23. The van der Waals surface area contributed by atoms with Crippen molar-refractivity contribution in [3.8, 4) is 0 Å². The van der Waals surface area contributed by atoms with Crippen LogP contribution in [0.15, 0.2) is 23.1 Å². The van der Waals surface area contributed by atoms with E-state index in [0.29, 0.717) is 51.1 Å². The summed E-state index contributed by atoms with van der Waals surface area (Å²) in [6, 6.07) is 4.73. The van der Waals surface area contributed by atoms with Gasteiger partial charge in [0.1, 0.15) is 0 Å². The standard InChI is InChI=1S/C21H32N2O5S/c1-17-8-9-19(29(25,26)23-11-14-27-15-12-23)16-20(17)21(24)22-10-5-13-28-18-6-3-2-4-7-18/h8-9,16,18H,2-7,10-15H2,1H3,(H,22,24). The fourth-order valence-electron chi connectivity index (χ4n) is 3.79. The highest BCUT2D eigenvalue weighted by atomic mass is 32.2. The highest BCUT2D eigenvalue weighted by molar-refractivity contribution is 7.89. The molecule has 1 aliphatic heterocycles. The zero-order valence-electron chi connectivity index (χ0n) is 17.2. The van der Waals surface area contributed by atoms with Crippen LogP contribution in [-0.4, -0.2) is 64.2 Å². The van der Waals surface area contributed by atoms with Crippen LogP contribution >= 0.6 is 0 Å². The van der Waals surface area contributed by atoms with Gasteiger partial charge in [0.25, 0.3) is 5.91 Å². The van der Waals surface area contributed by atoms with Gasteiger partial charge in [-0.2, -0.15) is 4.31 Å². The maximum absolute atomic E-state index is 12.8. The van der Waals surface area contributed by atoms with E-state index < -0.39 is 10.0 Å². The Morgan fingerprint density at radius 2 is 1.93 bits per heavy atom. The lowest BCUT2D eigenvalue weighted by molar-refractivity contribution is 0.0273. The Kier molecular flexibility index (Phi) is 8.06. The molecule has 0 spiro atoms. The van der Waals surface area contributed by atoms with Crippen molar-refractivity contribution in [3.63, 3.8) is 0 Å². The molecule has 7 nitrogen and oxygen atoms in total. The van der Waals surface area contributed by atoms with Crippen LogP contribution in [0.1, 0.15) is 54.4 Å². The van der Waals surface area contributed by atoms with E-state index in [-0.39, 0.29) is 10.8 Å². The van der Waals surface area contributed by atoms with E-state index in [1.807, 2.05) is 6.92 Å². The Morgan fingerprint density at radius 1 is 1.21 bits per heavy atom. The molecule has 1 saturated heterocycles. The Balaban J connectivity index is 1.53. The second-order valence-electron chi connectivity index (χ2n) is 7.73. The van der Waals surface area contributed by atoms with Gasteiger partial charge in [-0.1, -0.05) is 25.3 Å². The maximum Gasteiger partial charge on any atom is 0.251 e. The summed E-state index contributed by atoms with van der Waals surface area (Å²) in [5, 5.41) is 2.89. The predicted octanol–water partition coefficient (Wildman–Crippen LogP) is 2.49. The van der Waals surface area contributed by atoms with Crippen LogP contribution < -0.4 is 5.32 Å². The largest absolute Gasteiger partial charge is 0.379 e. The molecule has 0 radical (unpaired) electrons. The summed E-state index contributed by atoms with van der Waals surface area (Å²) in [6.07, 6.45) is 7.16. The van der Waals surface area contributed by atoms with Gasteiger partial charge in [-0.15, -0.1) is 0 Å². The first-order valence-corrected chi connectivity index (χ1v) is 12.0. The number of carbonyl (C=O) groups is 1. The molecule has 0 atom stereocenters. The SMILES string of the molecule is Cc1ccc(S(=O)(=O)N2CCOCC2)cc1C(=O)NCCCOC1CCCCC1. The monoisotopic (exact) mass is 424 g/mol. The van der Waals surface area contributed by atoms with E-state index >= 15 is 0 Å². The molecule has 1 heterocycles. The number of hydrogen-bond donors (Lipinski definition) is 1. The number of rotatable bonds is 8. The van der Waals surface area contributed by atoms with Crippen molar-refractivity contribution < 1.29 is 22.7 Å². The third kappa shape index (κ3) is 6.01. The van der Waals surface area contributed by atoms with Gasteiger partial charge in [-0.25, -0.2) is 8.42 Å². The van der Waals surface area contributed by atoms with Crippen molar-refractivity contribution in [2.45, 2.75) is 56.4 Å². The van der Waals surface area contributed by atoms with Gasteiger partial charge in [0.2, 0.25) is 10.0 Å². The number of morpholine rings is 1. The Morgan fingerprint density at radius 3 is 2.66 bits per heavy atom. The number of amides is 1. The summed E-state index contributed by atoms with van der Waals surface area (Å²) in [5.41, 5.74) is 1.15. The summed E-state index contributed by atoms with van der Waals surface area (Å²) >= 11 is 0. The quantitative estimate of drug-likeness (QED) is 0.648. The van der Waals surface area contributed by atoms with Crippen molar-refractivity contribution in [2.75, 3.05) is 39.5 Å². The number of aryl methyl sites for hydroxylation is 1. The van der Waals surface area contributed by atoms with Crippen LogP contribution in [0, 0.1) is 6.92 Å². The molecule has 8 heteroatoms. The molecule has 0 unspecified atom stereocenters. The Hall–Kier alpha value is -1.48. The highest BCUT2D eigenvalue weighted by Crippen LogP contribution is 2.21. The number of ether oxygens (including phenoxy) is 2. The third-order valence-corrected chi connectivity index (χ3v) is 7.47. The maximum atomic E-state index is 12.8. The van der Waals surface area contributed by atoms with Crippen LogP contribution in [0.3, 0.4) is 0 Å². The zero-order chi connectivity index (χ0) is 20.7. The van der Waals surface area contributed by atoms with Crippen molar-refractivity contribution in [2.24, 2.45) is 0 Å². The first-order chi connectivity index (χ1) is 14.0. The first kappa shape index (κ1) is 22.2. The molecule has 1 amide bonds. The van der Waals surface area contributed by atoms with E-state index in [0.717, 1.165) is 24.8 Å². The molecular formula is C21H32N2O5S. The van der Waals surface area contributed by atoms with Crippen molar-refractivity contribution in [1.29, 1.82) is 0 Å². The first-order valence-electron chi connectivity index (χ1n) is 10.6. The van der Waals surface area contributed by atoms with Gasteiger partial charge in [0.05, 0.1) is 24.2 Å². The number of hydrogen-bond acceptors (Lipinski definition) is 5. The second-order valence-corrected chi connectivity index (χ2v) is 9.67. The van der Waals surface area contributed by atoms with E-state index in [2.05, 4.69) is 5.32 Å². The lowest BCUT2D eigenvalue weighted by Crippen LogP contribution is -2.40. The summed E-state index contributed by atoms with van der Waals surface area (Å²) < 4.78 is 38.2. The van der Waals surface area contributed by atoms with Gasteiger partial charge in [0, 0.05) is 31.8 Å². The van der Waals surface area contributed by atoms with E-state index in [9.17, 15) is 13.2 Å². The second kappa shape index (κ2) is 10.5. The molecule has 0 bridgehead atoms. The van der Waals surface area contributed by atoms with Gasteiger partial charge < -0.3 is 14.8 Å². The summed E-state index contributed by atoms with van der Waals surface area (Å²) in [6.45, 7) is 4.40. The molecule has 1 aromatic carbocycles. The minimum Gasteiger partial charge on any atom is -0.379 e. The molecule has 2 aliphatic rings. The molecule has 1 saturated carbocycles. The van der Waals surface area contributed by atoms with E-state index in [1.165, 1.54) is 29.6 Å². The zero-order valence-corrected chi connectivity index (χ0v) is 18.0. The third-order valence-electron chi connectivity index (χ3n) is 5.57. The van der Waals surface area contributed by atoms with E-state index in [1.54, 1.807) is 12.1 Å². The number of sulfonamides is 1. The summed E-state index contributed by atoms with van der Waals surface area (Å²) in [5.74, 6) is -0.251. The number of nitrogens with one attached hydrogen (secondary N) is 1. The normalized spacial score (nSPS) is 19.2. The van der Waals surface area contributed by atoms with Crippen LogP contribution in [0.25, 0.3) is 0 Å². The molecule has 29 heavy (non-hydrogen) atoms. The molecule has 1 aromatic rings. The van der Waals surface area contributed by atoms with Crippen molar-refractivity contribution in [1.82, 2.24) is 9.62 Å². The Bertz CT molecular complexity index is 784. The van der Waals surface area contributed by atoms with Gasteiger partial charge in [0.15, 0.2) is 0 Å². The van der Waals surface area contributed by atoms with Gasteiger partial charge in [-0.05, 0) is 43.9 Å². The van der Waals surface area contributed by atoms with Gasteiger partial charge >= 0.3 is 0 Å². The van der Waals surface area contributed by atoms with Crippen molar-refractivity contribution >= 4 is 15.9 Å². The molecule has 3 rings (SSSR count). The van der Waals surface area contributed by atoms with Gasteiger partial charge in [-0.3, -0.25) is 4.79 Å². The lowest BCUT2D eigenvalue weighted by atomic mass is 9.98. The van der Waals surface area contributed by atoms with Crippen LogP contribution in [0.5, 0.6) is 0 Å². The molecule has 1 aliphatic carbocycles. The van der Waals surface area contributed by atoms with Crippen LogP contribution in [-0.2, 0) is 19.5 Å². The molecule has 162 valence electrons. The molecule has 0 aromatic heterocycles. The highest BCUT2D eigenvalue weighted by Gasteiger charge is 2.27. The summed E-state index contributed by atoms with van der Waals surface area (Å²) in [4.78, 5) is 12.8. The predicted molar refractivity (Wildman–Crippen MR) is 111 cm³/mol. The topological polar surface area (TPSA) is 84.9 Å². The molecule has 1 N–H and O–H groups in total. The number of carbonyl (C=O) groups excluding carboxylic acids is 1. The minimum absolute atomic E-state index is 0.149. The number of benzene rings is 1. The summed E-state index contributed by atoms with van der Waals surface area (Å²) in [7, 11) is -3.62. The average Bonchev–Trinajstić information content (AvgIpc) is 2.75. The smallest absolute Gasteiger partial charge is 0.251 e. The minimum atomic E-state index is -3.62. The lowest BCUT2D eigenvalue weighted by Gasteiger charge is -2.26. The van der Waals surface area contributed by atoms with Crippen molar-refractivity contribution in [3.05, 3.63) is 29.3 Å².